The largest absolute Gasteiger partial charge is 1.00 e. The van der Waals surface area contributed by atoms with Gasteiger partial charge in [-0.3, -0.25) is 14.5 Å². The number of nitrogens with zero attached hydrogens (tertiary/aromatic N) is 7. The van der Waals surface area contributed by atoms with E-state index in [1.165, 1.54) is 9.90 Å². The van der Waals surface area contributed by atoms with E-state index in [1.807, 2.05) is 0 Å². The minimum absolute atomic E-state index is 0. The molecule has 0 unspecified atom stereocenters. The van der Waals surface area contributed by atoms with Crippen LogP contribution in [0.5, 0.6) is 23.0 Å². The third-order valence-corrected chi connectivity index (χ3v) is 13.5. The van der Waals surface area contributed by atoms with Gasteiger partial charge in [0.05, 0.1) is 4.90 Å². The summed E-state index contributed by atoms with van der Waals surface area (Å²) in [6.45, 7) is 1.67. The van der Waals surface area contributed by atoms with Crippen molar-refractivity contribution in [3.05, 3.63) is 81.9 Å². The number of aliphatic carboxylic acids is 2. The Labute approximate surface area is 378 Å². The fourth-order valence-electron chi connectivity index (χ4n) is 5.93. The number of phenolic OH excluding ortho intramolecular Hbond substituents is 4. The maximum Gasteiger partial charge on any atom is 1.00 e. The van der Waals surface area contributed by atoms with Crippen molar-refractivity contribution in [1.29, 1.82) is 0 Å². The number of aromatic nitrogens is 5. The number of phenols is 4. The SMILES string of the molecule is Cc1cc(SCC2=C(C(=O)O)N3C(=O)[C@@H](NC(=O)/C(=N\O[C@H](C(=O)O)c4ccc(O)c(O)c4)c4csc(N)n4)[C@H]3SC2)n2nc(CS(=O)(=O)c3ccc(O)c(O)c3)nc2n1.[H-].[Na+]. The molecule has 9 N–H and O–H groups in total. The van der Waals surface area contributed by atoms with Gasteiger partial charge in [-0.2, -0.15) is 9.50 Å². The number of fused-ring (bicyclic) bond motifs is 2. The number of carboxylic acid groups (broad SMARTS) is 2. The number of nitrogens with two attached hydrogens (primary N) is 1. The van der Waals surface area contributed by atoms with Crippen LogP contribution in [0.2, 0.25) is 0 Å². The van der Waals surface area contributed by atoms with Gasteiger partial charge in [-0.25, -0.2) is 28.0 Å². The Morgan fingerprint density at radius 3 is 2.39 bits per heavy atom. The van der Waals surface area contributed by atoms with Gasteiger partial charge in [0, 0.05) is 34.2 Å². The average molecular weight is 924 g/mol. The Morgan fingerprint density at radius 2 is 1.75 bits per heavy atom. The minimum Gasteiger partial charge on any atom is -1.00 e. The molecule has 0 bridgehead atoms. The first-order valence-electron chi connectivity index (χ1n) is 16.9. The maximum absolute atomic E-state index is 13.6. The Balaban J connectivity index is 0.00000363. The first-order valence-corrected chi connectivity index (χ1v) is 21.5. The first kappa shape index (κ1) is 44.9. The van der Waals surface area contributed by atoms with Crippen molar-refractivity contribution in [2.45, 2.75) is 40.1 Å². The summed E-state index contributed by atoms with van der Waals surface area (Å²) < 4.78 is 27.4. The predicted octanol–water partition coefficient (Wildman–Crippen LogP) is -1.54. The second kappa shape index (κ2) is 17.8. The van der Waals surface area contributed by atoms with E-state index in [-0.39, 0.29) is 81.1 Å². The summed E-state index contributed by atoms with van der Waals surface area (Å²) in [6.07, 6.45) is -1.87. The van der Waals surface area contributed by atoms with Gasteiger partial charge >= 0.3 is 41.5 Å². The number of anilines is 1. The molecule has 1 saturated heterocycles. The van der Waals surface area contributed by atoms with E-state index in [4.69, 9.17) is 10.6 Å². The molecule has 61 heavy (non-hydrogen) atoms. The fourth-order valence-corrected chi connectivity index (χ4v) is 10.2. The molecule has 0 radical (unpaired) electrons. The number of thioether (sulfide) groups is 2. The van der Waals surface area contributed by atoms with E-state index in [9.17, 15) is 58.2 Å². The van der Waals surface area contributed by atoms with Crippen molar-refractivity contribution >= 4 is 85.1 Å². The Kier molecular flexibility index (Phi) is 13.1. The number of rotatable bonds is 14. The number of nitrogen functional groups attached to an aromatic ring is 1. The van der Waals surface area contributed by atoms with Crippen LogP contribution in [-0.2, 0) is 39.6 Å². The first-order chi connectivity index (χ1) is 28.4. The molecule has 0 aliphatic carbocycles. The Hall–Kier alpha value is -5.64. The number of benzene rings is 2. The number of carbonyl (C=O) groups excluding carboxylic acids is 2. The van der Waals surface area contributed by atoms with E-state index < -0.39 is 85.6 Å². The number of nitrogens with one attached hydrogen (secondary N) is 1. The average Bonchev–Trinajstić information content (AvgIpc) is 3.80. The quantitative estimate of drug-likeness (QED) is 0.0119. The van der Waals surface area contributed by atoms with Crippen LogP contribution in [-0.4, -0.2) is 121 Å². The summed E-state index contributed by atoms with van der Waals surface area (Å²) in [7, 11) is -4.07. The van der Waals surface area contributed by atoms with Gasteiger partial charge in [-0.15, -0.1) is 40.0 Å². The van der Waals surface area contributed by atoms with E-state index in [0.717, 1.165) is 76.2 Å². The summed E-state index contributed by atoms with van der Waals surface area (Å²) in [4.78, 5) is 70.5. The van der Waals surface area contributed by atoms with Crippen LogP contribution in [0.4, 0.5) is 5.13 Å². The van der Waals surface area contributed by atoms with Crippen LogP contribution in [0.3, 0.4) is 0 Å². The van der Waals surface area contributed by atoms with Gasteiger partial charge in [0.25, 0.3) is 17.6 Å². The number of oxime groups is 1. The number of carboxylic acids is 2. The Bertz CT molecular complexity index is 2810. The van der Waals surface area contributed by atoms with E-state index in [1.54, 1.807) is 13.0 Å². The van der Waals surface area contributed by atoms with Gasteiger partial charge in [0.1, 0.15) is 33.6 Å². The van der Waals surface area contributed by atoms with Crippen molar-refractivity contribution in [1.82, 2.24) is 34.8 Å². The molecule has 3 atom stereocenters. The molecule has 22 nitrogen and oxygen atoms in total. The Morgan fingerprint density at radius 1 is 1.05 bits per heavy atom. The van der Waals surface area contributed by atoms with Crippen LogP contribution < -0.4 is 40.6 Å². The van der Waals surface area contributed by atoms with Crippen molar-refractivity contribution in [2.24, 2.45) is 5.16 Å². The topological polar surface area (TPSA) is 343 Å². The normalized spacial score (nSPS) is 17.0. The van der Waals surface area contributed by atoms with Gasteiger partial charge in [0.15, 0.2) is 49.5 Å². The number of amides is 2. The summed E-state index contributed by atoms with van der Waals surface area (Å²) in [6, 6.07) is 6.55. The molecule has 314 valence electrons. The third kappa shape index (κ3) is 9.19. The molecule has 2 aliphatic rings. The van der Waals surface area contributed by atoms with Crippen LogP contribution in [0.1, 0.15) is 30.3 Å². The zero-order chi connectivity index (χ0) is 43.2. The third-order valence-electron chi connectivity index (χ3n) is 8.76. The molecule has 0 saturated carbocycles. The zero-order valence-electron chi connectivity index (χ0n) is 32.4. The second-order valence-corrected chi connectivity index (χ2v) is 17.9. The molecule has 2 amide bonds. The van der Waals surface area contributed by atoms with Gasteiger partial charge in [0.2, 0.25) is 6.10 Å². The van der Waals surface area contributed by atoms with Crippen LogP contribution in [0.15, 0.2) is 74.2 Å². The summed E-state index contributed by atoms with van der Waals surface area (Å²) in [5.41, 5.74) is 5.45. The standard InChI is InChI=1S/C34H29N9O13S4.Na.H/c1-13-6-23(43-34(36-13)38-22(40-43)12-60(54,55)16-3-5-19(45)21(47)8-16)57-9-15-10-58-30-25(29(49)42(30)26(15)31(50)51)39-28(48)24(17-11-59-33(35)37-17)41-56-27(32(52)53)14-2-4-18(44)20(46)7-14;;/h2-8,11,25,27,30,44-47H,9-10,12H2,1H3,(H2,35,37)(H,39,48)(H,50,51)(H,52,53);;/q;+1;-1/b41-24-;;/t25-,27+,30-;;/m1../s1. The minimum atomic E-state index is -4.07. The van der Waals surface area contributed by atoms with Crippen molar-refractivity contribution in [3.8, 4) is 23.0 Å². The predicted molar refractivity (Wildman–Crippen MR) is 212 cm³/mol. The van der Waals surface area contributed by atoms with E-state index in [0.29, 0.717) is 16.3 Å². The molecule has 5 heterocycles. The number of carbonyl (C=O) groups is 4. The van der Waals surface area contributed by atoms with Crippen molar-refractivity contribution in [3.63, 3.8) is 0 Å². The number of thiazole rings is 1. The molecule has 2 aromatic carbocycles. The molecular weight excluding hydrogens is 894 g/mol. The molecule has 5 aromatic rings. The smallest absolute Gasteiger partial charge is 1.00 e. The zero-order valence-corrected chi connectivity index (χ0v) is 36.6. The van der Waals surface area contributed by atoms with E-state index >= 15 is 0 Å². The van der Waals surface area contributed by atoms with Crippen LogP contribution in [0.25, 0.3) is 5.78 Å². The number of aromatic hydroxyl groups is 4. The summed E-state index contributed by atoms with van der Waals surface area (Å²) >= 11 is 3.22. The second-order valence-electron chi connectivity index (χ2n) is 12.9. The molecule has 0 spiro atoms. The molecule has 2 aliphatic heterocycles. The summed E-state index contributed by atoms with van der Waals surface area (Å²) in [5.74, 6) is -7.65. The molecule has 7 rings (SSSR count). The van der Waals surface area contributed by atoms with Crippen molar-refractivity contribution in [2.75, 3.05) is 17.2 Å². The molecule has 1 fully saturated rings. The maximum atomic E-state index is 13.6. The number of hydrogen-bond donors (Lipinski definition) is 8. The number of aryl methyl sites for hydroxylation is 1. The number of hydrogen-bond acceptors (Lipinski definition) is 20. The summed E-state index contributed by atoms with van der Waals surface area (Å²) in [5, 5.41) is 70.4. The van der Waals surface area contributed by atoms with Crippen LogP contribution >= 0.6 is 34.9 Å². The number of sulfone groups is 1. The molecule has 3 aromatic heterocycles. The van der Waals surface area contributed by atoms with E-state index in [2.05, 4.69) is 30.5 Å². The molecule has 27 heteroatoms. The van der Waals surface area contributed by atoms with Crippen LogP contribution in [0, 0.1) is 6.92 Å². The number of β-lactam (4-membered cyclic amide) rings is 1. The van der Waals surface area contributed by atoms with Gasteiger partial charge in [-0.05, 0) is 42.8 Å². The fraction of sp³-hybridized carbons (Fsp3) is 0.206. The van der Waals surface area contributed by atoms with Gasteiger partial charge in [-0.1, -0.05) is 11.2 Å². The molecular formula is C34H30N9NaO13S4. The van der Waals surface area contributed by atoms with Crippen molar-refractivity contribution < 1.29 is 94.1 Å². The van der Waals surface area contributed by atoms with Gasteiger partial charge < -0.3 is 48.0 Å². The monoisotopic (exact) mass is 923 g/mol.